The van der Waals surface area contributed by atoms with E-state index in [2.05, 4.69) is 86.8 Å². The van der Waals surface area contributed by atoms with Crippen LogP contribution in [0.4, 0.5) is 0 Å². The van der Waals surface area contributed by atoms with Gasteiger partial charge >= 0.3 is 11.9 Å². The van der Waals surface area contributed by atoms with Crippen LogP contribution in [0.15, 0.2) is 72.9 Å². The van der Waals surface area contributed by atoms with E-state index in [-0.39, 0.29) is 25.2 Å². The maximum atomic E-state index is 12.3. The van der Waals surface area contributed by atoms with Gasteiger partial charge in [0.2, 0.25) is 0 Å². The van der Waals surface area contributed by atoms with Gasteiger partial charge < -0.3 is 14.6 Å². The second-order valence-electron chi connectivity index (χ2n) is 16.2. The summed E-state index contributed by atoms with van der Waals surface area (Å²) in [7, 11) is 0. The molecule has 0 aromatic heterocycles. The van der Waals surface area contributed by atoms with E-state index < -0.39 is 6.10 Å². The van der Waals surface area contributed by atoms with Gasteiger partial charge in [-0.15, -0.1) is 0 Å². The number of unbranched alkanes of at least 4 members (excludes halogenated alkanes) is 24. The average molecular weight is 809 g/mol. The molecule has 0 saturated heterocycles. The lowest BCUT2D eigenvalue weighted by Crippen LogP contribution is -2.28. The van der Waals surface area contributed by atoms with Crippen LogP contribution in [0.2, 0.25) is 0 Å². The quantitative estimate of drug-likeness (QED) is 0.0377. The second kappa shape index (κ2) is 48.7. The molecule has 0 saturated carbocycles. The van der Waals surface area contributed by atoms with Crippen LogP contribution >= 0.6 is 0 Å². The monoisotopic (exact) mass is 809 g/mol. The van der Waals surface area contributed by atoms with E-state index in [0.717, 1.165) is 70.6 Å². The summed E-state index contributed by atoms with van der Waals surface area (Å²) in [6.45, 7) is 4.03. The van der Waals surface area contributed by atoms with Crippen molar-refractivity contribution in [2.45, 2.75) is 238 Å². The zero-order valence-corrected chi connectivity index (χ0v) is 38.0. The summed E-state index contributed by atoms with van der Waals surface area (Å²) >= 11 is 0. The molecule has 0 heterocycles. The van der Waals surface area contributed by atoms with Crippen LogP contribution in [-0.4, -0.2) is 36.4 Å². The number of allylic oxidation sites excluding steroid dienone is 12. The fraction of sp³-hybridized carbons (Fsp3) is 0.736. The Labute approximate surface area is 359 Å². The SMILES string of the molecule is CC/C=C\C/C=C\C/C=C\C/C=C\C/C=C\CCCCCCCCCCCC(=O)OC(CO)COC(=O)CCCCCCCCCCC/C=C\CCCCCCCC. The maximum Gasteiger partial charge on any atom is 0.306 e. The van der Waals surface area contributed by atoms with Crippen molar-refractivity contribution in [3.63, 3.8) is 0 Å². The van der Waals surface area contributed by atoms with Crippen molar-refractivity contribution in [1.29, 1.82) is 0 Å². The third-order valence-corrected chi connectivity index (χ3v) is 10.5. The van der Waals surface area contributed by atoms with Crippen molar-refractivity contribution < 1.29 is 24.2 Å². The molecule has 0 aliphatic rings. The molecule has 0 aliphatic heterocycles. The van der Waals surface area contributed by atoms with Crippen molar-refractivity contribution in [1.82, 2.24) is 0 Å². The normalized spacial score (nSPS) is 12.8. The van der Waals surface area contributed by atoms with E-state index in [1.807, 2.05) is 0 Å². The molecule has 5 nitrogen and oxygen atoms in total. The molecule has 0 fully saturated rings. The topological polar surface area (TPSA) is 72.8 Å². The lowest BCUT2D eigenvalue weighted by Gasteiger charge is -2.15. The standard InChI is InChI=1S/C53H92O5/c1-3-5-7-9-11-13-15-17-19-21-23-24-25-26-27-28-30-32-34-36-38-40-42-44-46-48-53(56)58-51(49-54)50-57-52(55)47-45-43-41-39-37-35-33-31-29-22-20-18-16-14-12-10-8-6-4-2/h5,7,11,13,17-20,23-24,26-27,51,54H,3-4,6,8-10,12,14-16,21-22,25,28-50H2,1-2H3/b7-5-,13-11-,19-17-,20-18-,24-23-,27-26-. The minimum absolute atomic E-state index is 0.0711. The number of hydrogen-bond acceptors (Lipinski definition) is 5. The molecule has 58 heavy (non-hydrogen) atoms. The Hall–Kier alpha value is -2.66. The van der Waals surface area contributed by atoms with Crippen molar-refractivity contribution in [2.75, 3.05) is 13.2 Å². The largest absolute Gasteiger partial charge is 0.462 e. The second-order valence-corrected chi connectivity index (χ2v) is 16.2. The molecule has 0 aliphatic carbocycles. The average Bonchev–Trinajstić information content (AvgIpc) is 3.23. The van der Waals surface area contributed by atoms with Gasteiger partial charge in [-0.3, -0.25) is 9.59 Å². The van der Waals surface area contributed by atoms with E-state index in [4.69, 9.17) is 9.47 Å². The van der Waals surface area contributed by atoms with Gasteiger partial charge in [0.1, 0.15) is 6.61 Å². The lowest BCUT2D eigenvalue weighted by molar-refractivity contribution is -0.161. The highest BCUT2D eigenvalue weighted by Crippen LogP contribution is 2.14. The first-order valence-electron chi connectivity index (χ1n) is 24.5. The highest BCUT2D eigenvalue weighted by atomic mass is 16.6. The van der Waals surface area contributed by atoms with Gasteiger partial charge in [0.25, 0.3) is 0 Å². The van der Waals surface area contributed by atoms with Gasteiger partial charge in [0.15, 0.2) is 6.10 Å². The van der Waals surface area contributed by atoms with Crippen LogP contribution in [0.5, 0.6) is 0 Å². The van der Waals surface area contributed by atoms with E-state index >= 15 is 0 Å². The van der Waals surface area contributed by atoms with Crippen molar-refractivity contribution in [3.05, 3.63) is 72.9 Å². The number of carbonyl (C=O) groups excluding carboxylic acids is 2. The molecule has 0 radical (unpaired) electrons. The molecule has 0 aromatic rings. The Bertz CT molecular complexity index is 1050. The highest BCUT2D eigenvalue weighted by molar-refractivity contribution is 5.70. The van der Waals surface area contributed by atoms with E-state index in [9.17, 15) is 14.7 Å². The van der Waals surface area contributed by atoms with Crippen LogP contribution in [0.1, 0.15) is 232 Å². The lowest BCUT2D eigenvalue weighted by atomic mass is 10.1. The molecule has 0 spiro atoms. The highest BCUT2D eigenvalue weighted by Gasteiger charge is 2.16. The van der Waals surface area contributed by atoms with Crippen LogP contribution in [0.25, 0.3) is 0 Å². The summed E-state index contributed by atoms with van der Waals surface area (Å²) < 4.78 is 10.7. The molecule has 0 bridgehead atoms. The fourth-order valence-corrected chi connectivity index (χ4v) is 6.81. The molecule has 1 atom stereocenters. The van der Waals surface area contributed by atoms with Gasteiger partial charge in [-0.2, -0.15) is 0 Å². The molecule has 0 rings (SSSR count). The Morgan fingerprint density at radius 3 is 1.14 bits per heavy atom. The Morgan fingerprint density at radius 2 is 0.741 bits per heavy atom. The van der Waals surface area contributed by atoms with Crippen molar-refractivity contribution in [3.8, 4) is 0 Å². The fourth-order valence-electron chi connectivity index (χ4n) is 6.81. The van der Waals surface area contributed by atoms with E-state index in [1.165, 1.54) is 135 Å². The number of ether oxygens (including phenoxy) is 2. The van der Waals surface area contributed by atoms with Gasteiger partial charge in [0, 0.05) is 12.8 Å². The Kier molecular flexibility index (Phi) is 46.5. The molecular weight excluding hydrogens is 717 g/mol. The Morgan fingerprint density at radius 1 is 0.414 bits per heavy atom. The predicted octanol–water partition coefficient (Wildman–Crippen LogP) is 16.1. The van der Waals surface area contributed by atoms with Gasteiger partial charge in [-0.05, 0) is 83.5 Å². The minimum Gasteiger partial charge on any atom is -0.462 e. The molecule has 1 unspecified atom stereocenters. The van der Waals surface area contributed by atoms with Gasteiger partial charge in [-0.1, -0.05) is 209 Å². The van der Waals surface area contributed by atoms with E-state index in [0.29, 0.717) is 12.8 Å². The zero-order valence-electron chi connectivity index (χ0n) is 38.0. The molecule has 1 N–H and O–H groups in total. The number of hydrogen-bond donors (Lipinski definition) is 1. The number of esters is 2. The number of carbonyl (C=O) groups is 2. The number of rotatable bonds is 44. The molecule has 5 heteroatoms. The summed E-state index contributed by atoms with van der Waals surface area (Å²) in [5.74, 6) is -0.598. The third kappa shape index (κ3) is 46.0. The minimum atomic E-state index is -0.779. The summed E-state index contributed by atoms with van der Waals surface area (Å²) in [4.78, 5) is 24.4. The summed E-state index contributed by atoms with van der Waals surface area (Å²) in [6, 6.07) is 0. The van der Waals surface area contributed by atoms with Crippen LogP contribution < -0.4 is 0 Å². The van der Waals surface area contributed by atoms with Crippen LogP contribution in [-0.2, 0) is 19.1 Å². The van der Waals surface area contributed by atoms with Crippen molar-refractivity contribution >= 4 is 11.9 Å². The first kappa shape index (κ1) is 55.3. The first-order valence-corrected chi connectivity index (χ1v) is 24.5. The maximum absolute atomic E-state index is 12.3. The van der Waals surface area contributed by atoms with E-state index in [1.54, 1.807) is 0 Å². The number of aliphatic hydroxyl groups excluding tert-OH is 1. The molecule has 334 valence electrons. The zero-order chi connectivity index (χ0) is 42.1. The van der Waals surface area contributed by atoms with Gasteiger partial charge in [0.05, 0.1) is 6.61 Å². The smallest absolute Gasteiger partial charge is 0.306 e. The predicted molar refractivity (Wildman–Crippen MR) is 251 cm³/mol. The Balaban J connectivity index is 3.54. The molecule has 0 aromatic carbocycles. The summed E-state index contributed by atoms with van der Waals surface area (Å²) in [6.07, 6.45) is 65.5. The van der Waals surface area contributed by atoms with Crippen molar-refractivity contribution in [2.24, 2.45) is 0 Å². The van der Waals surface area contributed by atoms with Gasteiger partial charge in [-0.25, -0.2) is 0 Å². The third-order valence-electron chi connectivity index (χ3n) is 10.5. The number of aliphatic hydroxyl groups is 1. The molecular formula is C53H92O5. The van der Waals surface area contributed by atoms with Crippen LogP contribution in [0.3, 0.4) is 0 Å². The summed E-state index contributed by atoms with van der Waals surface area (Å²) in [5, 5.41) is 9.62. The summed E-state index contributed by atoms with van der Waals surface area (Å²) in [5.41, 5.74) is 0. The van der Waals surface area contributed by atoms with Crippen LogP contribution in [0, 0.1) is 0 Å². The first-order chi connectivity index (χ1) is 28.6. The molecule has 0 amide bonds.